The molecule has 0 aliphatic rings. The van der Waals surface area contributed by atoms with Gasteiger partial charge in [0, 0.05) is 0 Å². The van der Waals surface area contributed by atoms with Gasteiger partial charge in [0.15, 0.2) is 0 Å². The Morgan fingerprint density at radius 1 is 1.28 bits per heavy atom. The molecule has 1 aromatic carbocycles. The van der Waals surface area contributed by atoms with Gasteiger partial charge in [-0.1, -0.05) is 0 Å². The molecule has 0 saturated carbocycles. The van der Waals surface area contributed by atoms with E-state index >= 15 is 0 Å². The molecule has 2 rings (SSSR count). The molecule has 0 bridgehead atoms. The summed E-state index contributed by atoms with van der Waals surface area (Å²) in [6, 6.07) is 8.73. The van der Waals surface area contributed by atoms with Crippen molar-refractivity contribution in [3.8, 4) is 0 Å². The molecule has 0 radical (unpaired) electrons. The second kappa shape index (κ2) is 6.39. The van der Waals surface area contributed by atoms with Crippen LogP contribution in [0.5, 0.6) is 0 Å². The molecule has 0 aliphatic carbocycles. The molecule has 0 unspecified atom stereocenters. The summed E-state index contributed by atoms with van der Waals surface area (Å²) < 4.78 is 43.0. The minimum absolute atomic E-state index is 0.124. The molecular formula is C11H12BF4NTe. The van der Waals surface area contributed by atoms with Gasteiger partial charge in [-0.2, -0.15) is 0 Å². The molecule has 0 aliphatic heterocycles. The number of nitrogens with zero attached hydrogens (tertiary/aromatic N) is 1. The molecule has 0 fully saturated rings. The largest absolute Gasteiger partial charge is 0.673 e. The van der Waals surface area contributed by atoms with Gasteiger partial charge in [0.2, 0.25) is 0 Å². The van der Waals surface area contributed by atoms with Crippen LogP contribution < -0.4 is 2.79 Å². The summed E-state index contributed by atoms with van der Waals surface area (Å²) in [6.07, 6.45) is 2.99. The van der Waals surface area contributed by atoms with Crippen molar-refractivity contribution in [3.63, 3.8) is 0 Å². The van der Waals surface area contributed by atoms with Crippen LogP contribution in [0.1, 0.15) is 5.69 Å². The Balaban J connectivity index is 0.000000280. The first kappa shape index (κ1) is 15.3. The van der Waals surface area contributed by atoms with Crippen molar-refractivity contribution in [1.82, 2.24) is 0 Å². The van der Waals surface area contributed by atoms with Gasteiger partial charge in [-0.25, -0.2) is 0 Å². The Kier molecular flexibility index (Phi) is 5.42. The van der Waals surface area contributed by atoms with Crippen LogP contribution in [-0.4, -0.2) is 28.0 Å². The summed E-state index contributed by atoms with van der Waals surface area (Å²) in [7, 11) is -3.80. The first-order valence-electron chi connectivity index (χ1n) is 5.18. The van der Waals surface area contributed by atoms with E-state index < -0.39 is 7.25 Å². The van der Waals surface area contributed by atoms with Gasteiger partial charge in [0.1, 0.15) is 0 Å². The standard InChI is InChI=1S/C11H12NTe.BF4/c1-3-6-10-9-7-4-5-8-11(9)13-12(10)2;2-1(3,4)5/h3-5,7-8H,1,6H2,2H3;/q+1;-1. The third-order valence-electron chi connectivity index (χ3n) is 2.15. The molecule has 0 atom stereocenters. The Morgan fingerprint density at radius 3 is 2.39 bits per heavy atom. The molecule has 0 N–H and O–H groups in total. The van der Waals surface area contributed by atoms with Crippen LogP contribution in [0.15, 0.2) is 36.9 Å². The number of fused-ring (bicyclic) bond motifs is 1. The Labute approximate surface area is 113 Å². The maximum atomic E-state index is 9.75. The van der Waals surface area contributed by atoms with Crippen LogP contribution in [0.25, 0.3) is 8.79 Å². The fraction of sp³-hybridized carbons (Fsp3) is 0.182. The van der Waals surface area contributed by atoms with Gasteiger partial charge in [-0.15, -0.1) is 0 Å². The van der Waals surface area contributed by atoms with Crippen LogP contribution in [0.3, 0.4) is 0 Å². The number of allylic oxidation sites excluding steroid dienone is 1. The molecule has 1 aromatic heterocycles. The van der Waals surface area contributed by atoms with E-state index in [4.69, 9.17) is 0 Å². The van der Waals surface area contributed by atoms with Gasteiger partial charge in [0.05, 0.1) is 0 Å². The number of hydrogen-bond acceptors (Lipinski definition) is 0. The van der Waals surface area contributed by atoms with Gasteiger partial charge < -0.3 is 17.3 Å². The predicted octanol–water partition coefficient (Wildman–Crippen LogP) is 2.75. The summed E-state index contributed by atoms with van der Waals surface area (Å²) in [6.45, 7) is 3.80. The zero-order valence-corrected chi connectivity index (χ0v) is 12.1. The van der Waals surface area contributed by atoms with E-state index in [1.807, 2.05) is 6.08 Å². The number of rotatable bonds is 2. The number of aryl methyl sites for hydroxylation is 1. The normalized spacial score (nSPS) is 10.9. The third-order valence-corrected chi connectivity index (χ3v) is 5.14. The molecule has 0 amide bonds. The molecule has 0 saturated heterocycles. The molecule has 1 nitrogen and oxygen atoms in total. The van der Waals surface area contributed by atoms with Crippen LogP contribution in [0.2, 0.25) is 0 Å². The summed E-state index contributed by atoms with van der Waals surface area (Å²) in [5, 5.41) is 1.45. The summed E-state index contributed by atoms with van der Waals surface area (Å²) in [5.74, 6) is 0. The van der Waals surface area contributed by atoms with E-state index in [-0.39, 0.29) is 20.7 Å². The van der Waals surface area contributed by atoms with Crippen molar-refractivity contribution in [3.05, 3.63) is 42.6 Å². The smallest absolute Gasteiger partial charge is 0.418 e. The van der Waals surface area contributed by atoms with E-state index in [1.54, 1.807) is 3.40 Å². The van der Waals surface area contributed by atoms with Crippen LogP contribution >= 0.6 is 0 Å². The number of hydrogen-bond donors (Lipinski definition) is 0. The van der Waals surface area contributed by atoms with Crippen molar-refractivity contribution in [1.29, 1.82) is 0 Å². The van der Waals surface area contributed by atoms with Crippen molar-refractivity contribution in [2.24, 2.45) is 7.05 Å². The Hall–Kier alpha value is -0.795. The van der Waals surface area contributed by atoms with Crippen LogP contribution in [0.4, 0.5) is 17.3 Å². The van der Waals surface area contributed by atoms with Gasteiger partial charge in [-0.3, -0.25) is 0 Å². The van der Waals surface area contributed by atoms with E-state index in [0.717, 1.165) is 6.42 Å². The first-order valence-corrected chi connectivity index (χ1v) is 7.39. The summed E-state index contributed by atoms with van der Waals surface area (Å²) in [4.78, 5) is 0. The summed E-state index contributed by atoms with van der Waals surface area (Å²) >= 11 is -0.124. The minimum Gasteiger partial charge on any atom is -0.418 e. The first-order chi connectivity index (χ1) is 8.33. The zero-order chi connectivity index (χ0) is 13.8. The predicted molar refractivity (Wildman–Crippen MR) is 66.2 cm³/mol. The topological polar surface area (TPSA) is 3.88 Å². The van der Waals surface area contributed by atoms with E-state index in [0.29, 0.717) is 0 Å². The Bertz CT molecular complexity index is 529. The van der Waals surface area contributed by atoms with Crippen molar-refractivity contribution in [2.45, 2.75) is 6.42 Å². The quantitative estimate of drug-likeness (QED) is 0.434. The van der Waals surface area contributed by atoms with Crippen molar-refractivity contribution in [2.75, 3.05) is 0 Å². The second-order valence-corrected chi connectivity index (χ2v) is 6.86. The molecule has 7 heteroatoms. The van der Waals surface area contributed by atoms with E-state index in [1.165, 1.54) is 11.1 Å². The molecule has 98 valence electrons. The van der Waals surface area contributed by atoms with E-state index in [9.17, 15) is 17.3 Å². The number of benzene rings is 1. The third kappa shape index (κ3) is 4.83. The maximum absolute atomic E-state index is 9.75. The summed E-state index contributed by atoms with van der Waals surface area (Å²) in [5.41, 5.74) is 1.45. The second-order valence-electron chi connectivity index (χ2n) is 3.52. The van der Waals surface area contributed by atoms with Crippen molar-refractivity contribution >= 4 is 36.8 Å². The monoisotopic (exact) mass is 375 g/mol. The maximum Gasteiger partial charge on any atom is 0.673 e. The average molecular weight is 373 g/mol. The average Bonchev–Trinajstić information content (AvgIpc) is 2.54. The van der Waals surface area contributed by atoms with E-state index in [2.05, 4.69) is 40.7 Å². The fourth-order valence-electron chi connectivity index (χ4n) is 1.53. The zero-order valence-electron chi connectivity index (χ0n) is 9.75. The van der Waals surface area contributed by atoms with Gasteiger partial charge in [0.25, 0.3) is 0 Å². The molecule has 0 spiro atoms. The molecular weight excluding hydrogens is 361 g/mol. The fourth-order valence-corrected chi connectivity index (χ4v) is 4.39. The van der Waals surface area contributed by atoms with Gasteiger partial charge in [-0.05, 0) is 0 Å². The SMILES string of the molecule is C=CCc1c2ccccc2[te][n+]1C.F[B-](F)(F)F. The molecule has 2 aromatic rings. The molecule has 1 heterocycles. The van der Waals surface area contributed by atoms with Crippen LogP contribution in [0, 0.1) is 0 Å². The Morgan fingerprint density at radius 2 is 1.83 bits per heavy atom. The number of aromatic nitrogens is 1. The minimum atomic E-state index is -6.00. The molecule has 18 heavy (non-hydrogen) atoms. The number of halogens is 4. The van der Waals surface area contributed by atoms with Crippen molar-refractivity contribution < 1.29 is 20.1 Å². The van der Waals surface area contributed by atoms with Crippen LogP contribution in [-0.2, 0) is 13.5 Å². The van der Waals surface area contributed by atoms with Gasteiger partial charge >= 0.3 is 95.6 Å².